The highest BCUT2D eigenvalue weighted by Gasteiger charge is 2.30. The lowest BCUT2D eigenvalue weighted by molar-refractivity contribution is -0.127. The number of halogens is 1. The van der Waals surface area contributed by atoms with E-state index in [-0.39, 0.29) is 18.3 Å². The quantitative estimate of drug-likeness (QED) is 0.662. The van der Waals surface area contributed by atoms with Gasteiger partial charge in [-0.15, -0.1) is 12.4 Å². The van der Waals surface area contributed by atoms with Gasteiger partial charge in [0.2, 0.25) is 5.91 Å². The number of nitrogens with one attached hydrogen (secondary N) is 1. The zero-order valence-electron chi connectivity index (χ0n) is 8.29. The van der Waals surface area contributed by atoms with E-state index in [2.05, 4.69) is 11.9 Å². The van der Waals surface area contributed by atoms with Gasteiger partial charge in [0.15, 0.2) is 0 Å². The van der Waals surface area contributed by atoms with Crippen LogP contribution >= 0.6 is 12.4 Å². The van der Waals surface area contributed by atoms with E-state index >= 15 is 0 Å². The predicted molar refractivity (Wildman–Crippen MR) is 58.6 cm³/mol. The molecule has 4 heteroatoms. The monoisotopic (exact) mass is 216 g/mol. The highest BCUT2D eigenvalue weighted by molar-refractivity contribution is 5.95. The van der Waals surface area contributed by atoms with Crippen LogP contribution in [0.4, 0.5) is 0 Å². The van der Waals surface area contributed by atoms with Gasteiger partial charge in [-0.05, 0) is 32.4 Å². The van der Waals surface area contributed by atoms with Crippen LogP contribution in [0.5, 0.6) is 0 Å². The standard InChI is InChI=1S/C10H16N2O.ClH/c1-8-4-7-12(10(8)13)9-2-5-11-6-3-9;/h9,11H,1-7H2;1H. The van der Waals surface area contributed by atoms with Gasteiger partial charge in [-0.1, -0.05) is 6.58 Å². The first-order valence-corrected chi connectivity index (χ1v) is 4.98. The minimum atomic E-state index is 0. The van der Waals surface area contributed by atoms with E-state index in [1.54, 1.807) is 0 Å². The van der Waals surface area contributed by atoms with Gasteiger partial charge in [-0.25, -0.2) is 0 Å². The predicted octanol–water partition coefficient (Wildman–Crippen LogP) is 0.949. The van der Waals surface area contributed by atoms with Crippen molar-refractivity contribution in [3.63, 3.8) is 0 Å². The van der Waals surface area contributed by atoms with Gasteiger partial charge in [-0.2, -0.15) is 0 Å². The van der Waals surface area contributed by atoms with Gasteiger partial charge in [-0.3, -0.25) is 4.79 Å². The molecule has 0 aliphatic carbocycles. The normalized spacial score (nSPS) is 23.9. The van der Waals surface area contributed by atoms with Crippen molar-refractivity contribution in [1.82, 2.24) is 10.2 Å². The third-order valence-electron chi connectivity index (χ3n) is 2.97. The number of nitrogens with zero attached hydrogens (tertiary/aromatic N) is 1. The van der Waals surface area contributed by atoms with E-state index in [0.29, 0.717) is 6.04 Å². The zero-order chi connectivity index (χ0) is 9.26. The Hall–Kier alpha value is -0.540. The highest BCUT2D eigenvalue weighted by Crippen LogP contribution is 2.21. The summed E-state index contributed by atoms with van der Waals surface area (Å²) in [7, 11) is 0. The average molecular weight is 217 g/mol. The molecule has 80 valence electrons. The smallest absolute Gasteiger partial charge is 0.249 e. The van der Waals surface area contributed by atoms with Crippen LogP contribution in [0.15, 0.2) is 12.2 Å². The van der Waals surface area contributed by atoms with Gasteiger partial charge in [0, 0.05) is 18.2 Å². The Morgan fingerprint density at radius 1 is 1.36 bits per heavy atom. The first kappa shape index (κ1) is 11.5. The van der Waals surface area contributed by atoms with Crippen molar-refractivity contribution in [2.45, 2.75) is 25.3 Å². The number of rotatable bonds is 1. The van der Waals surface area contributed by atoms with Gasteiger partial charge in [0.1, 0.15) is 0 Å². The lowest BCUT2D eigenvalue weighted by Crippen LogP contribution is -2.43. The molecule has 1 amide bonds. The molecule has 2 aliphatic rings. The Kier molecular flexibility index (Phi) is 3.96. The fourth-order valence-electron chi connectivity index (χ4n) is 2.13. The van der Waals surface area contributed by atoms with Crippen molar-refractivity contribution < 1.29 is 4.79 Å². The van der Waals surface area contributed by atoms with Crippen LogP contribution in [0, 0.1) is 0 Å². The number of hydrogen-bond donors (Lipinski definition) is 1. The summed E-state index contributed by atoms with van der Waals surface area (Å²) in [4.78, 5) is 13.6. The van der Waals surface area contributed by atoms with Gasteiger partial charge in [0.05, 0.1) is 0 Å². The Balaban J connectivity index is 0.000000980. The van der Waals surface area contributed by atoms with Crippen LogP contribution in [0.2, 0.25) is 0 Å². The van der Waals surface area contributed by atoms with E-state index in [0.717, 1.165) is 44.5 Å². The molecule has 0 aromatic carbocycles. The summed E-state index contributed by atoms with van der Waals surface area (Å²) in [6.07, 6.45) is 3.06. The van der Waals surface area contributed by atoms with Crippen LogP contribution in [0.1, 0.15) is 19.3 Å². The Morgan fingerprint density at radius 2 is 2.00 bits per heavy atom. The number of carbonyl (C=O) groups is 1. The highest BCUT2D eigenvalue weighted by atomic mass is 35.5. The maximum atomic E-state index is 11.6. The lowest BCUT2D eigenvalue weighted by atomic mass is 10.1. The van der Waals surface area contributed by atoms with E-state index < -0.39 is 0 Å². The number of amides is 1. The van der Waals surface area contributed by atoms with Crippen molar-refractivity contribution in [2.75, 3.05) is 19.6 Å². The topological polar surface area (TPSA) is 32.3 Å². The molecule has 3 nitrogen and oxygen atoms in total. The fourth-order valence-corrected chi connectivity index (χ4v) is 2.13. The second kappa shape index (κ2) is 4.80. The molecule has 0 atom stereocenters. The van der Waals surface area contributed by atoms with Crippen molar-refractivity contribution >= 4 is 18.3 Å². The molecule has 1 N–H and O–H groups in total. The zero-order valence-corrected chi connectivity index (χ0v) is 9.11. The van der Waals surface area contributed by atoms with E-state index in [1.165, 1.54) is 0 Å². The van der Waals surface area contributed by atoms with Gasteiger partial charge < -0.3 is 10.2 Å². The second-order valence-corrected chi connectivity index (χ2v) is 3.83. The van der Waals surface area contributed by atoms with E-state index in [4.69, 9.17) is 0 Å². The Bertz CT molecular complexity index is 236. The summed E-state index contributed by atoms with van der Waals surface area (Å²) in [5, 5.41) is 3.30. The first-order valence-electron chi connectivity index (χ1n) is 4.98. The van der Waals surface area contributed by atoms with Crippen LogP contribution in [0.3, 0.4) is 0 Å². The van der Waals surface area contributed by atoms with E-state index in [9.17, 15) is 4.79 Å². The molecule has 2 saturated heterocycles. The average Bonchev–Trinajstić information content (AvgIpc) is 2.49. The molecule has 0 aromatic heterocycles. The third kappa shape index (κ3) is 2.10. The number of carbonyl (C=O) groups excluding carboxylic acids is 1. The molecular weight excluding hydrogens is 200 g/mol. The Labute approximate surface area is 90.9 Å². The summed E-state index contributed by atoms with van der Waals surface area (Å²) in [6, 6.07) is 0.466. The lowest BCUT2D eigenvalue weighted by Gasteiger charge is -2.31. The van der Waals surface area contributed by atoms with Gasteiger partial charge in [0.25, 0.3) is 0 Å². The Morgan fingerprint density at radius 3 is 2.50 bits per heavy atom. The molecule has 0 bridgehead atoms. The SMILES string of the molecule is C=C1CCN(C2CCNCC2)C1=O.Cl. The maximum absolute atomic E-state index is 11.6. The van der Waals surface area contributed by atoms with Crippen LogP contribution < -0.4 is 5.32 Å². The molecule has 0 radical (unpaired) electrons. The molecule has 2 rings (SSSR count). The molecular formula is C10H17ClN2O. The summed E-state index contributed by atoms with van der Waals surface area (Å²) in [6.45, 7) is 6.75. The minimum absolute atomic E-state index is 0. The molecule has 2 fully saturated rings. The number of likely N-dealkylation sites (tertiary alicyclic amines) is 1. The second-order valence-electron chi connectivity index (χ2n) is 3.83. The molecule has 0 unspecified atom stereocenters. The van der Waals surface area contributed by atoms with Crippen LogP contribution in [-0.4, -0.2) is 36.5 Å². The van der Waals surface area contributed by atoms with Crippen molar-refractivity contribution in [3.05, 3.63) is 12.2 Å². The van der Waals surface area contributed by atoms with Crippen molar-refractivity contribution in [3.8, 4) is 0 Å². The summed E-state index contributed by atoms with van der Waals surface area (Å²) >= 11 is 0. The summed E-state index contributed by atoms with van der Waals surface area (Å²) < 4.78 is 0. The molecule has 14 heavy (non-hydrogen) atoms. The van der Waals surface area contributed by atoms with Crippen LogP contribution in [0.25, 0.3) is 0 Å². The van der Waals surface area contributed by atoms with E-state index in [1.807, 2.05) is 4.90 Å². The van der Waals surface area contributed by atoms with Crippen LogP contribution in [-0.2, 0) is 4.79 Å². The molecule has 2 heterocycles. The fraction of sp³-hybridized carbons (Fsp3) is 0.700. The molecule has 2 aliphatic heterocycles. The number of piperidine rings is 1. The maximum Gasteiger partial charge on any atom is 0.249 e. The van der Waals surface area contributed by atoms with Gasteiger partial charge >= 0.3 is 0 Å². The van der Waals surface area contributed by atoms with Crippen molar-refractivity contribution in [1.29, 1.82) is 0 Å². The summed E-state index contributed by atoms with van der Waals surface area (Å²) in [5.74, 6) is 0.187. The third-order valence-corrected chi connectivity index (χ3v) is 2.97. The molecule has 0 spiro atoms. The number of hydrogen-bond acceptors (Lipinski definition) is 2. The minimum Gasteiger partial charge on any atom is -0.336 e. The first-order chi connectivity index (χ1) is 6.29. The molecule has 0 aromatic rings. The summed E-state index contributed by atoms with van der Waals surface area (Å²) in [5.41, 5.74) is 0.790. The molecule has 0 saturated carbocycles. The van der Waals surface area contributed by atoms with Crippen molar-refractivity contribution in [2.24, 2.45) is 0 Å². The largest absolute Gasteiger partial charge is 0.336 e.